The van der Waals surface area contributed by atoms with Gasteiger partial charge in [-0.3, -0.25) is 4.40 Å². The number of halogens is 1. The predicted octanol–water partition coefficient (Wildman–Crippen LogP) is 7.43. The van der Waals surface area contributed by atoms with E-state index in [0.29, 0.717) is 30.2 Å². The minimum absolute atomic E-state index is 0.0672. The van der Waals surface area contributed by atoms with Gasteiger partial charge in [-0.2, -0.15) is 0 Å². The molecule has 194 valence electrons. The van der Waals surface area contributed by atoms with Crippen molar-refractivity contribution in [2.24, 2.45) is 0 Å². The highest BCUT2D eigenvalue weighted by Gasteiger charge is 2.23. The van der Waals surface area contributed by atoms with Crippen LogP contribution in [0.2, 0.25) is 5.02 Å². The zero-order valence-electron chi connectivity index (χ0n) is 21.2. The Labute approximate surface area is 230 Å². The van der Waals surface area contributed by atoms with E-state index in [4.69, 9.17) is 21.3 Å². The monoisotopic (exact) mass is 544 g/mol. The van der Waals surface area contributed by atoms with Crippen LogP contribution in [0.4, 0.5) is 10.5 Å². The van der Waals surface area contributed by atoms with E-state index in [1.54, 1.807) is 17.4 Å². The molecule has 3 aromatic carbocycles. The quantitative estimate of drug-likeness (QED) is 0.232. The number of imidazole rings is 1. The van der Waals surface area contributed by atoms with Gasteiger partial charge >= 0.3 is 6.03 Å². The lowest BCUT2D eigenvalue weighted by Crippen LogP contribution is -2.41. The molecule has 6 nitrogen and oxygen atoms in total. The number of benzene rings is 3. The first-order valence-electron chi connectivity index (χ1n) is 12.9. The van der Waals surface area contributed by atoms with Crippen molar-refractivity contribution in [3.05, 3.63) is 88.5 Å². The molecule has 3 heterocycles. The number of anilines is 1. The summed E-state index contributed by atoms with van der Waals surface area (Å²) in [7, 11) is 0. The SMILES string of the molecule is Cc1ccc(NC(=O)N(CCc2csc3nc(-c4ccc5ccccc5c4)cn23)C[C@H]2CCCO2)cc1Cl. The summed E-state index contributed by atoms with van der Waals surface area (Å²) in [6.45, 7) is 3.83. The van der Waals surface area contributed by atoms with Crippen molar-refractivity contribution >= 4 is 50.4 Å². The number of nitrogens with one attached hydrogen (secondary N) is 1. The van der Waals surface area contributed by atoms with Crippen LogP contribution in [0.3, 0.4) is 0 Å². The molecule has 1 N–H and O–H groups in total. The second-order valence-electron chi connectivity index (χ2n) is 9.79. The third kappa shape index (κ3) is 5.27. The molecule has 1 fully saturated rings. The number of hydrogen-bond acceptors (Lipinski definition) is 4. The Morgan fingerprint density at radius 3 is 2.87 bits per heavy atom. The first kappa shape index (κ1) is 24.9. The lowest BCUT2D eigenvalue weighted by Gasteiger charge is -2.26. The molecule has 0 bridgehead atoms. The second kappa shape index (κ2) is 10.8. The van der Waals surface area contributed by atoms with Gasteiger partial charge in [-0.25, -0.2) is 9.78 Å². The summed E-state index contributed by atoms with van der Waals surface area (Å²) in [6.07, 6.45) is 4.88. The van der Waals surface area contributed by atoms with Crippen molar-refractivity contribution in [3.8, 4) is 11.3 Å². The minimum Gasteiger partial charge on any atom is -0.376 e. The van der Waals surface area contributed by atoms with Crippen molar-refractivity contribution in [2.75, 3.05) is 25.0 Å². The van der Waals surface area contributed by atoms with E-state index in [1.165, 1.54) is 10.8 Å². The number of rotatable bonds is 7. The van der Waals surface area contributed by atoms with Crippen LogP contribution >= 0.6 is 22.9 Å². The van der Waals surface area contributed by atoms with Gasteiger partial charge in [0.2, 0.25) is 0 Å². The van der Waals surface area contributed by atoms with Crippen LogP contribution in [-0.4, -0.2) is 46.1 Å². The summed E-state index contributed by atoms with van der Waals surface area (Å²) in [6, 6.07) is 20.3. The third-order valence-corrected chi connectivity index (χ3v) is 8.42. The molecule has 38 heavy (non-hydrogen) atoms. The Morgan fingerprint density at radius 1 is 1.18 bits per heavy atom. The number of hydrogen-bond donors (Lipinski definition) is 1. The summed E-state index contributed by atoms with van der Waals surface area (Å²) in [5.74, 6) is 0. The molecule has 2 amide bonds. The van der Waals surface area contributed by atoms with E-state index in [2.05, 4.69) is 63.8 Å². The maximum absolute atomic E-state index is 13.3. The lowest BCUT2D eigenvalue weighted by molar-refractivity contribution is 0.0838. The topological polar surface area (TPSA) is 58.9 Å². The van der Waals surface area contributed by atoms with E-state index in [0.717, 1.165) is 46.9 Å². The molecule has 6 rings (SSSR count). The van der Waals surface area contributed by atoms with E-state index >= 15 is 0 Å². The molecule has 5 aromatic rings. The van der Waals surface area contributed by atoms with Crippen LogP contribution in [0.15, 0.2) is 72.2 Å². The number of fused-ring (bicyclic) bond motifs is 2. The molecule has 2 aromatic heterocycles. The predicted molar refractivity (Wildman–Crippen MR) is 155 cm³/mol. The number of carbonyl (C=O) groups is 1. The second-order valence-corrected chi connectivity index (χ2v) is 11.0. The normalized spacial score (nSPS) is 15.4. The fourth-order valence-corrected chi connectivity index (χ4v) is 6.02. The van der Waals surface area contributed by atoms with Gasteiger partial charge in [-0.15, -0.1) is 11.3 Å². The van der Waals surface area contributed by atoms with Crippen molar-refractivity contribution < 1.29 is 9.53 Å². The van der Waals surface area contributed by atoms with Gasteiger partial charge in [0.15, 0.2) is 4.96 Å². The zero-order valence-corrected chi connectivity index (χ0v) is 22.8. The largest absolute Gasteiger partial charge is 0.376 e. The fraction of sp³-hybridized carbons (Fsp3) is 0.267. The molecule has 1 aliphatic heterocycles. The average Bonchev–Trinajstić information content (AvgIpc) is 3.67. The van der Waals surface area contributed by atoms with Gasteiger partial charge < -0.3 is 15.0 Å². The highest BCUT2D eigenvalue weighted by atomic mass is 35.5. The van der Waals surface area contributed by atoms with Crippen LogP contribution in [0.25, 0.3) is 27.0 Å². The van der Waals surface area contributed by atoms with Crippen LogP contribution in [0.1, 0.15) is 24.1 Å². The van der Waals surface area contributed by atoms with Crippen molar-refractivity contribution in [2.45, 2.75) is 32.3 Å². The Hall–Kier alpha value is -3.39. The molecule has 0 unspecified atom stereocenters. The number of aryl methyl sites for hydroxylation is 1. The highest BCUT2D eigenvalue weighted by molar-refractivity contribution is 7.15. The zero-order chi connectivity index (χ0) is 26.1. The smallest absolute Gasteiger partial charge is 0.321 e. The lowest BCUT2D eigenvalue weighted by atomic mass is 10.1. The van der Waals surface area contributed by atoms with E-state index in [-0.39, 0.29) is 12.1 Å². The number of urea groups is 1. The molecule has 0 spiro atoms. The van der Waals surface area contributed by atoms with Crippen LogP contribution < -0.4 is 5.32 Å². The number of carbonyl (C=O) groups excluding carboxylic acids is 1. The third-order valence-electron chi connectivity index (χ3n) is 7.12. The van der Waals surface area contributed by atoms with Crippen LogP contribution in [0.5, 0.6) is 0 Å². The van der Waals surface area contributed by atoms with Crippen LogP contribution in [-0.2, 0) is 11.2 Å². The average molecular weight is 545 g/mol. The van der Waals surface area contributed by atoms with Gasteiger partial charge in [-0.1, -0.05) is 54.1 Å². The van der Waals surface area contributed by atoms with E-state index in [9.17, 15) is 4.79 Å². The Kier molecular flexibility index (Phi) is 7.06. The number of thiazole rings is 1. The van der Waals surface area contributed by atoms with Crippen LogP contribution in [0, 0.1) is 6.92 Å². The summed E-state index contributed by atoms with van der Waals surface area (Å²) in [4.78, 5) is 21.0. The van der Waals surface area contributed by atoms with E-state index < -0.39 is 0 Å². The number of nitrogens with zero attached hydrogens (tertiary/aromatic N) is 3. The number of aromatic nitrogens is 2. The highest BCUT2D eigenvalue weighted by Crippen LogP contribution is 2.27. The summed E-state index contributed by atoms with van der Waals surface area (Å²) in [5.41, 5.74) is 4.85. The molecule has 1 atom stereocenters. The molecule has 0 saturated carbocycles. The maximum atomic E-state index is 13.3. The van der Waals surface area contributed by atoms with E-state index in [1.807, 2.05) is 24.0 Å². The molecule has 1 aliphatic rings. The maximum Gasteiger partial charge on any atom is 0.321 e. The van der Waals surface area contributed by atoms with Gasteiger partial charge in [0.05, 0.1) is 11.8 Å². The first-order chi connectivity index (χ1) is 18.5. The number of amides is 2. The van der Waals surface area contributed by atoms with Crippen molar-refractivity contribution in [1.82, 2.24) is 14.3 Å². The number of ether oxygens (including phenoxy) is 1. The Bertz CT molecular complexity index is 1600. The molecular weight excluding hydrogens is 516 g/mol. The summed E-state index contributed by atoms with van der Waals surface area (Å²) < 4.78 is 8.00. The molecular formula is C30H29ClN4O2S. The van der Waals surface area contributed by atoms with Crippen molar-refractivity contribution in [1.29, 1.82) is 0 Å². The first-order valence-corrected chi connectivity index (χ1v) is 14.2. The summed E-state index contributed by atoms with van der Waals surface area (Å²) in [5, 5.41) is 8.21. The Balaban J connectivity index is 1.20. The molecule has 0 radical (unpaired) electrons. The molecule has 8 heteroatoms. The Morgan fingerprint density at radius 2 is 2.05 bits per heavy atom. The molecule has 0 aliphatic carbocycles. The van der Waals surface area contributed by atoms with Gasteiger partial charge in [0.25, 0.3) is 0 Å². The van der Waals surface area contributed by atoms with Crippen molar-refractivity contribution in [3.63, 3.8) is 0 Å². The van der Waals surface area contributed by atoms with Gasteiger partial charge in [-0.05, 0) is 54.3 Å². The molecule has 1 saturated heterocycles. The summed E-state index contributed by atoms with van der Waals surface area (Å²) >= 11 is 7.91. The minimum atomic E-state index is -0.144. The standard InChI is InChI=1S/C30H29ClN4O2S/c1-20-8-11-24(16-27(20)31)32-29(36)34(17-26-7-4-14-37-26)13-12-25-19-38-30-33-28(18-35(25)30)23-10-9-21-5-2-3-6-22(21)15-23/h2-3,5-6,8-11,15-16,18-19,26H,4,7,12-14,17H2,1H3,(H,32,36)/t26-/m1/s1. The van der Waals surface area contributed by atoms with Gasteiger partial charge in [0, 0.05) is 59.7 Å². The fourth-order valence-electron chi connectivity index (χ4n) is 4.93. The van der Waals surface area contributed by atoms with Gasteiger partial charge in [0.1, 0.15) is 0 Å².